The molecule has 5 rings (SSSR count). The number of benzene rings is 2. The van der Waals surface area contributed by atoms with Crippen molar-refractivity contribution in [3.8, 4) is 11.5 Å². The summed E-state index contributed by atoms with van der Waals surface area (Å²) >= 11 is 0. The topological polar surface area (TPSA) is 72.4 Å². The molecule has 2 aromatic carbocycles. The molecule has 4 aromatic rings. The highest BCUT2D eigenvalue weighted by Crippen LogP contribution is 2.30. The van der Waals surface area contributed by atoms with Gasteiger partial charge in [0, 0.05) is 48.4 Å². The molecule has 2 aromatic heterocycles. The molecule has 0 bridgehead atoms. The lowest BCUT2D eigenvalue weighted by molar-refractivity contribution is 0.355. The van der Waals surface area contributed by atoms with Crippen molar-refractivity contribution in [3.63, 3.8) is 0 Å². The number of nitrogens with one attached hydrogen (secondary N) is 1. The van der Waals surface area contributed by atoms with Gasteiger partial charge in [-0.2, -0.15) is 0 Å². The van der Waals surface area contributed by atoms with Gasteiger partial charge in [0.15, 0.2) is 11.5 Å². The van der Waals surface area contributed by atoms with Crippen LogP contribution in [0.25, 0.3) is 27.4 Å². The number of allylic oxidation sites excluding steroid dienone is 2. The number of nitrogens with zero attached hydrogens (tertiary/aromatic N) is 3. The first kappa shape index (κ1) is 20.9. The van der Waals surface area contributed by atoms with Crippen LogP contribution in [0.1, 0.15) is 12.0 Å². The van der Waals surface area contributed by atoms with E-state index in [2.05, 4.69) is 57.6 Å². The second-order valence-electron chi connectivity index (χ2n) is 8.04. The van der Waals surface area contributed by atoms with Crippen LogP contribution in [-0.4, -0.2) is 46.7 Å². The van der Waals surface area contributed by atoms with Gasteiger partial charge in [0.25, 0.3) is 5.56 Å². The molecule has 0 fully saturated rings. The standard InChI is InChI=1S/C26H26N4O3/c1-32-24-14-20-23(15-25(24)33-2)28-17-30(26(20)31)11-5-10-29-12-8-18(9-13-29)21-16-27-22-7-4-3-6-19(21)22/h3-4,6-9,12,14-17,27H,5,10-11,13H2,1-2H3. The zero-order valence-corrected chi connectivity index (χ0v) is 18.7. The molecule has 1 aliphatic rings. The van der Waals surface area contributed by atoms with Crippen LogP contribution in [0.2, 0.25) is 0 Å². The number of aromatic amines is 1. The number of ether oxygens (including phenoxy) is 2. The Hall–Kier alpha value is -4.00. The van der Waals surface area contributed by atoms with Crippen LogP contribution in [0.3, 0.4) is 0 Å². The van der Waals surface area contributed by atoms with Crippen molar-refractivity contribution in [2.45, 2.75) is 13.0 Å². The van der Waals surface area contributed by atoms with E-state index in [0.29, 0.717) is 28.9 Å². The molecule has 7 heteroatoms. The summed E-state index contributed by atoms with van der Waals surface area (Å²) in [5, 5.41) is 1.76. The second-order valence-corrected chi connectivity index (χ2v) is 8.04. The molecule has 3 heterocycles. The van der Waals surface area contributed by atoms with Crippen LogP contribution >= 0.6 is 0 Å². The van der Waals surface area contributed by atoms with E-state index in [9.17, 15) is 4.79 Å². The molecule has 0 saturated carbocycles. The largest absolute Gasteiger partial charge is 0.493 e. The number of H-pyrrole nitrogens is 1. The second kappa shape index (κ2) is 8.86. The molecule has 0 atom stereocenters. The third-order valence-electron chi connectivity index (χ3n) is 6.08. The normalized spacial score (nSPS) is 13.5. The van der Waals surface area contributed by atoms with Crippen LogP contribution in [-0.2, 0) is 6.54 Å². The highest BCUT2D eigenvalue weighted by atomic mass is 16.5. The van der Waals surface area contributed by atoms with Crippen LogP contribution in [0.5, 0.6) is 11.5 Å². The van der Waals surface area contributed by atoms with E-state index in [1.54, 1.807) is 37.2 Å². The number of methoxy groups -OCH3 is 2. The van der Waals surface area contributed by atoms with E-state index in [1.165, 1.54) is 16.5 Å². The first-order chi connectivity index (χ1) is 16.2. The molecule has 1 aliphatic heterocycles. The van der Waals surface area contributed by atoms with Crippen molar-refractivity contribution < 1.29 is 9.47 Å². The van der Waals surface area contributed by atoms with Gasteiger partial charge in [0.05, 0.1) is 31.4 Å². The van der Waals surface area contributed by atoms with Crippen LogP contribution in [0.15, 0.2) is 72.1 Å². The minimum Gasteiger partial charge on any atom is -0.493 e. The van der Waals surface area contributed by atoms with Crippen LogP contribution in [0, 0.1) is 0 Å². The Kier molecular flexibility index (Phi) is 5.60. The number of fused-ring (bicyclic) bond motifs is 2. The summed E-state index contributed by atoms with van der Waals surface area (Å²) in [7, 11) is 3.13. The highest BCUT2D eigenvalue weighted by Gasteiger charge is 2.13. The lowest BCUT2D eigenvalue weighted by Gasteiger charge is -2.22. The summed E-state index contributed by atoms with van der Waals surface area (Å²) < 4.78 is 12.3. The number of rotatable bonds is 7. The molecular formula is C26H26N4O3. The van der Waals surface area contributed by atoms with Gasteiger partial charge in [-0.3, -0.25) is 9.36 Å². The van der Waals surface area contributed by atoms with E-state index < -0.39 is 0 Å². The third kappa shape index (κ3) is 3.98. The Morgan fingerprint density at radius 3 is 2.67 bits per heavy atom. The Bertz CT molecular complexity index is 1430. The molecule has 0 spiro atoms. The first-order valence-electron chi connectivity index (χ1n) is 11.0. The van der Waals surface area contributed by atoms with Gasteiger partial charge in [0.1, 0.15) is 0 Å². The van der Waals surface area contributed by atoms with Gasteiger partial charge in [-0.25, -0.2) is 4.98 Å². The maximum absolute atomic E-state index is 12.9. The van der Waals surface area contributed by atoms with Crippen molar-refractivity contribution in [2.24, 2.45) is 0 Å². The zero-order valence-electron chi connectivity index (χ0n) is 18.7. The van der Waals surface area contributed by atoms with E-state index >= 15 is 0 Å². The van der Waals surface area contributed by atoms with Gasteiger partial charge < -0.3 is 19.4 Å². The molecule has 0 aliphatic carbocycles. The molecule has 0 unspecified atom stereocenters. The summed E-state index contributed by atoms with van der Waals surface area (Å²) in [5.74, 6) is 1.09. The monoisotopic (exact) mass is 442 g/mol. The van der Waals surface area contributed by atoms with E-state index in [1.807, 2.05) is 6.07 Å². The average molecular weight is 443 g/mol. The minimum atomic E-state index is -0.0725. The third-order valence-corrected chi connectivity index (χ3v) is 6.08. The van der Waals surface area contributed by atoms with Crippen LogP contribution in [0.4, 0.5) is 0 Å². The quantitative estimate of drug-likeness (QED) is 0.465. The lowest BCUT2D eigenvalue weighted by atomic mass is 10.0. The SMILES string of the molecule is COc1cc2ncn(CCCN3C=CC(c4c[nH]c5ccccc45)=CC3)c(=O)c2cc1OC. The van der Waals surface area contributed by atoms with Crippen molar-refractivity contribution in [3.05, 3.63) is 83.2 Å². The fourth-order valence-electron chi connectivity index (χ4n) is 4.29. The van der Waals surface area contributed by atoms with Crippen molar-refractivity contribution in [1.29, 1.82) is 0 Å². The molecule has 0 amide bonds. The maximum Gasteiger partial charge on any atom is 0.261 e. The number of aryl methyl sites for hydroxylation is 1. The molecule has 0 saturated heterocycles. The van der Waals surface area contributed by atoms with Gasteiger partial charge in [-0.05, 0) is 36.4 Å². The molecule has 7 nitrogen and oxygen atoms in total. The van der Waals surface area contributed by atoms with Crippen molar-refractivity contribution >= 4 is 27.4 Å². The Labute approximate surface area is 191 Å². The average Bonchev–Trinajstić information content (AvgIpc) is 3.29. The maximum atomic E-state index is 12.9. The van der Waals surface area contributed by atoms with Gasteiger partial charge in [-0.1, -0.05) is 24.3 Å². The molecular weight excluding hydrogens is 416 g/mol. The van der Waals surface area contributed by atoms with Gasteiger partial charge in [-0.15, -0.1) is 0 Å². The summed E-state index contributed by atoms with van der Waals surface area (Å²) in [4.78, 5) is 23.0. The predicted octanol–water partition coefficient (Wildman–Crippen LogP) is 4.20. The van der Waals surface area contributed by atoms with Gasteiger partial charge in [0.2, 0.25) is 0 Å². The van der Waals surface area contributed by atoms with Gasteiger partial charge >= 0.3 is 0 Å². The van der Waals surface area contributed by atoms with E-state index in [0.717, 1.165) is 25.0 Å². The zero-order chi connectivity index (χ0) is 22.8. The fourth-order valence-corrected chi connectivity index (χ4v) is 4.29. The highest BCUT2D eigenvalue weighted by molar-refractivity contribution is 5.95. The minimum absolute atomic E-state index is 0.0725. The number of para-hydroxylation sites is 1. The van der Waals surface area contributed by atoms with E-state index in [4.69, 9.17) is 9.47 Å². The lowest BCUT2D eigenvalue weighted by Crippen LogP contribution is -2.25. The first-order valence-corrected chi connectivity index (χ1v) is 11.0. The Balaban J connectivity index is 1.24. The van der Waals surface area contributed by atoms with Crippen molar-refractivity contribution in [2.75, 3.05) is 27.3 Å². The van der Waals surface area contributed by atoms with Crippen LogP contribution < -0.4 is 15.0 Å². The molecule has 1 N–H and O–H groups in total. The Morgan fingerprint density at radius 1 is 1.06 bits per heavy atom. The summed E-state index contributed by atoms with van der Waals surface area (Å²) in [5.41, 5.74) is 4.12. The summed E-state index contributed by atoms with van der Waals surface area (Å²) in [6.07, 6.45) is 11.1. The van der Waals surface area contributed by atoms with E-state index in [-0.39, 0.29) is 5.56 Å². The predicted molar refractivity (Wildman–Crippen MR) is 131 cm³/mol. The Morgan fingerprint density at radius 2 is 1.88 bits per heavy atom. The molecule has 0 radical (unpaired) electrons. The number of aromatic nitrogens is 3. The smallest absolute Gasteiger partial charge is 0.261 e. The molecule has 168 valence electrons. The number of hydrogen-bond acceptors (Lipinski definition) is 5. The number of hydrogen-bond donors (Lipinski definition) is 1. The fraction of sp³-hybridized carbons (Fsp3) is 0.231. The summed E-state index contributed by atoms with van der Waals surface area (Å²) in [6, 6.07) is 11.8. The molecule has 33 heavy (non-hydrogen) atoms. The van der Waals surface area contributed by atoms with Crippen molar-refractivity contribution in [1.82, 2.24) is 19.4 Å². The summed E-state index contributed by atoms with van der Waals surface area (Å²) in [6.45, 7) is 2.29.